The van der Waals surface area contributed by atoms with Crippen LogP contribution in [-0.4, -0.2) is 37.8 Å². The van der Waals surface area contributed by atoms with Gasteiger partial charge in [-0.15, -0.1) is 0 Å². The Morgan fingerprint density at radius 3 is 2.72 bits per heavy atom. The molecule has 0 unspecified atom stereocenters. The first-order valence-corrected chi connectivity index (χ1v) is 10.4. The maximum absolute atomic E-state index is 12.3. The monoisotopic (exact) mass is 446 g/mol. The van der Waals surface area contributed by atoms with E-state index < -0.39 is 10.0 Å². The zero-order valence-corrected chi connectivity index (χ0v) is 16.7. The fourth-order valence-electron chi connectivity index (χ4n) is 2.44. The van der Waals surface area contributed by atoms with E-state index >= 15 is 0 Å². The highest BCUT2D eigenvalue weighted by Gasteiger charge is 2.36. The molecule has 0 amide bonds. The smallest absolute Gasteiger partial charge is 0.232 e. The molecule has 1 saturated carbocycles. The van der Waals surface area contributed by atoms with Crippen LogP contribution in [0.2, 0.25) is 5.28 Å². The van der Waals surface area contributed by atoms with Crippen LogP contribution in [0.25, 0.3) is 0 Å². The van der Waals surface area contributed by atoms with E-state index in [9.17, 15) is 8.42 Å². The van der Waals surface area contributed by atoms with Gasteiger partial charge < -0.3 is 10.1 Å². The van der Waals surface area contributed by atoms with Crippen molar-refractivity contribution in [1.29, 1.82) is 0 Å². The third-order valence-electron chi connectivity index (χ3n) is 3.65. The summed E-state index contributed by atoms with van der Waals surface area (Å²) in [6.07, 6.45) is 4.38. The number of sulfonamides is 1. The van der Waals surface area contributed by atoms with Crippen molar-refractivity contribution < 1.29 is 13.2 Å². The molecule has 25 heavy (non-hydrogen) atoms. The highest BCUT2D eigenvalue weighted by atomic mass is 79.9. The van der Waals surface area contributed by atoms with Crippen molar-refractivity contribution >= 4 is 54.7 Å². The van der Waals surface area contributed by atoms with Gasteiger partial charge in [-0.25, -0.2) is 13.4 Å². The van der Waals surface area contributed by atoms with Crippen molar-refractivity contribution in [1.82, 2.24) is 9.97 Å². The molecule has 3 rings (SSSR count). The summed E-state index contributed by atoms with van der Waals surface area (Å²) in [5.74, 6) is 1.00. The van der Waals surface area contributed by atoms with Gasteiger partial charge in [-0.05, 0) is 52.5 Å². The van der Waals surface area contributed by atoms with Gasteiger partial charge in [0, 0.05) is 18.3 Å². The van der Waals surface area contributed by atoms with Crippen LogP contribution in [0.4, 0.5) is 17.2 Å². The first kappa shape index (κ1) is 18.2. The predicted octanol–water partition coefficient (Wildman–Crippen LogP) is 3.57. The lowest BCUT2D eigenvalue weighted by molar-refractivity contribution is 0.415. The largest absolute Gasteiger partial charge is 0.497 e. The fourth-order valence-corrected chi connectivity index (χ4v) is 4.13. The number of rotatable bonds is 6. The molecule has 0 radical (unpaired) electrons. The third kappa shape index (κ3) is 4.16. The van der Waals surface area contributed by atoms with Gasteiger partial charge in [-0.1, -0.05) is 0 Å². The maximum atomic E-state index is 12.3. The van der Waals surface area contributed by atoms with Crippen LogP contribution in [-0.2, 0) is 10.0 Å². The molecule has 1 aromatic heterocycles. The number of anilines is 3. The van der Waals surface area contributed by atoms with Gasteiger partial charge in [0.2, 0.25) is 15.3 Å². The molecule has 2 aromatic rings. The summed E-state index contributed by atoms with van der Waals surface area (Å²) in [6, 6.07) is 5.14. The van der Waals surface area contributed by atoms with Crippen LogP contribution >= 0.6 is 27.5 Å². The Morgan fingerprint density at radius 2 is 2.12 bits per heavy atom. The number of nitrogens with one attached hydrogen (secondary N) is 1. The number of methoxy groups -OCH3 is 1. The average Bonchev–Trinajstić information content (AvgIpc) is 3.36. The van der Waals surface area contributed by atoms with Gasteiger partial charge in [0.15, 0.2) is 0 Å². The summed E-state index contributed by atoms with van der Waals surface area (Å²) >= 11 is 9.21. The molecule has 0 aliphatic heterocycles. The second-order valence-electron chi connectivity index (χ2n) is 5.63. The Morgan fingerprint density at radius 1 is 1.40 bits per heavy atom. The molecule has 0 atom stereocenters. The lowest BCUT2D eigenvalue weighted by Crippen LogP contribution is -2.32. The molecule has 0 saturated heterocycles. The summed E-state index contributed by atoms with van der Waals surface area (Å²) in [4.78, 5) is 8.02. The molecule has 10 heteroatoms. The molecule has 1 fully saturated rings. The van der Waals surface area contributed by atoms with Crippen molar-refractivity contribution in [3.8, 4) is 5.75 Å². The number of ether oxygens (including phenoxy) is 1. The summed E-state index contributed by atoms with van der Waals surface area (Å²) in [5, 5.41) is 3.21. The number of hydrogen-bond donors (Lipinski definition) is 1. The zero-order valence-electron chi connectivity index (χ0n) is 13.5. The van der Waals surface area contributed by atoms with Gasteiger partial charge in [0.05, 0.1) is 29.2 Å². The highest BCUT2D eigenvalue weighted by Crippen LogP contribution is 2.41. The van der Waals surface area contributed by atoms with Crippen LogP contribution < -0.4 is 14.4 Å². The van der Waals surface area contributed by atoms with Gasteiger partial charge in [0.25, 0.3) is 0 Å². The minimum atomic E-state index is -3.45. The predicted molar refractivity (Wildman–Crippen MR) is 101 cm³/mol. The van der Waals surface area contributed by atoms with E-state index in [0.717, 1.165) is 12.8 Å². The standard InChI is InChI=1S/C15H16BrClN4O3S/c1-24-10-5-6-12(19-14-11(16)8-18-15(17)20-14)13(7-10)21(9-3-4-9)25(2,22)23/h5-9H,3-4H2,1-2H3,(H,18,19,20). The van der Waals surface area contributed by atoms with E-state index in [1.54, 1.807) is 18.2 Å². The molecule has 1 aliphatic rings. The van der Waals surface area contributed by atoms with Crippen LogP contribution in [0, 0.1) is 0 Å². The van der Waals surface area contributed by atoms with Crippen molar-refractivity contribution in [3.63, 3.8) is 0 Å². The highest BCUT2D eigenvalue weighted by molar-refractivity contribution is 9.10. The van der Waals surface area contributed by atoms with E-state index in [4.69, 9.17) is 16.3 Å². The van der Waals surface area contributed by atoms with E-state index in [-0.39, 0.29) is 11.3 Å². The summed E-state index contributed by atoms with van der Waals surface area (Å²) < 4.78 is 32.0. The van der Waals surface area contributed by atoms with Gasteiger partial charge in [-0.2, -0.15) is 4.98 Å². The van der Waals surface area contributed by atoms with Gasteiger partial charge >= 0.3 is 0 Å². The molecule has 134 valence electrons. The summed E-state index contributed by atoms with van der Waals surface area (Å²) in [6.45, 7) is 0. The number of halogens is 2. The van der Waals surface area contributed by atoms with Crippen LogP contribution in [0.1, 0.15) is 12.8 Å². The Labute approximate surface area is 159 Å². The number of benzene rings is 1. The second-order valence-corrected chi connectivity index (χ2v) is 8.69. The second kappa shape index (κ2) is 6.97. The SMILES string of the molecule is COc1ccc(Nc2nc(Cl)ncc2Br)c(N(C2CC2)S(C)(=O)=O)c1. The van der Waals surface area contributed by atoms with Gasteiger partial charge in [-0.3, -0.25) is 4.31 Å². The fraction of sp³-hybridized carbons (Fsp3) is 0.333. The maximum Gasteiger partial charge on any atom is 0.232 e. The molecule has 0 bridgehead atoms. The van der Waals surface area contributed by atoms with Crippen molar-refractivity contribution in [3.05, 3.63) is 34.2 Å². The number of hydrogen-bond acceptors (Lipinski definition) is 6. The third-order valence-corrected chi connectivity index (χ3v) is 5.62. The van der Waals surface area contributed by atoms with E-state index in [1.807, 2.05) is 0 Å². The first-order valence-electron chi connectivity index (χ1n) is 7.42. The van der Waals surface area contributed by atoms with Gasteiger partial charge in [0.1, 0.15) is 11.6 Å². The zero-order chi connectivity index (χ0) is 18.2. The summed E-state index contributed by atoms with van der Waals surface area (Å²) in [5.41, 5.74) is 1.08. The van der Waals surface area contributed by atoms with Crippen LogP contribution in [0.15, 0.2) is 28.9 Å². The van der Waals surface area contributed by atoms with Crippen LogP contribution in [0.5, 0.6) is 5.75 Å². The minimum Gasteiger partial charge on any atom is -0.497 e. The number of aromatic nitrogens is 2. The number of nitrogens with zero attached hydrogens (tertiary/aromatic N) is 3. The molecule has 1 aromatic carbocycles. The average molecular weight is 448 g/mol. The van der Waals surface area contributed by atoms with Crippen molar-refractivity contribution in [2.24, 2.45) is 0 Å². The molecular weight excluding hydrogens is 432 g/mol. The lowest BCUT2D eigenvalue weighted by Gasteiger charge is -2.25. The Balaban J connectivity index is 2.08. The Kier molecular flexibility index (Phi) is 5.08. The van der Waals surface area contributed by atoms with Crippen LogP contribution in [0.3, 0.4) is 0 Å². The Bertz CT molecular complexity index is 906. The van der Waals surface area contributed by atoms with E-state index in [0.29, 0.717) is 27.4 Å². The molecule has 0 spiro atoms. The Hall–Kier alpha value is -1.58. The topological polar surface area (TPSA) is 84.4 Å². The lowest BCUT2D eigenvalue weighted by atomic mass is 10.2. The molecule has 1 heterocycles. The summed E-state index contributed by atoms with van der Waals surface area (Å²) in [7, 11) is -1.91. The van der Waals surface area contributed by atoms with Crippen molar-refractivity contribution in [2.45, 2.75) is 18.9 Å². The molecular formula is C15H16BrClN4O3S. The molecule has 7 nitrogen and oxygen atoms in total. The van der Waals surface area contributed by atoms with Crippen molar-refractivity contribution in [2.75, 3.05) is 23.0 Å². The quantitative estimate of drug-likeness (QED) is 0.682. The molecule has 1 N–H and O–H groups in total. The minimum absolute atomic E-state index is 0.0416. The van der Waals surface area contributed by atoms with E-state index in [2.05, 4.69) is 31.2 Å². The van der Waals surface area contributed by atoms with E-state index in [1.165, 1.54) is 23.9 Å². The first-order chi connectivity index (χ1) is 11.8. The molecule has 1 aliphatic carbocycles. The normalized spacial score (nSPS) is 14.2.